The van der Waals surface area contributed by atoms with Crippen LogP contribution in [0.5, 0.6) is 0 Å². The number of amides is 1. The number of nitro groups is 2. The van der Waals surface area contributed by atoms with Crippen molar-refractivity contribution in [3.8, 4) is 0 Å². The van der Waals surface area contributed by atoms with E-state index in [0.29, 0.717) is 10.1 Å². The molecule has 0 saturated carbocycles. The minimum absolute atomic E-state index is 0.0949. The Bertz CT molecular complexity index is 1030. The molecule has 0 bridgehead atoms. The Morgan fingerprint density at radius 3 is 2.48 bits per heavy atom. The van der Waals surface area contributed by atoms with Crippen LogP contribution in [0.25, 0.3) is 10.1 Å². The molecule has 25 heavy (non-hydrogen) atoms. The number of rotatable bonds is 4. The van der Waals surface area contributed by atoms with E-state index in [1.54, 1.807) is 6.07 Å². The maximum atomic E-state index is 12.4. The van der Waals surface area contributed by atoms with Gasteiger partial charge >= 0.3 is 0 Å². The third kappa shape index (κ3) is 3.14. The second-order valence-electron chi connectivity index (χ2n) is 4.92. The lowest BCUT2D eigenvalue weighted by Crippen LogP contribution is -2.10. The smallest absolute Gasteiger partial charge is 0.287 e. The molecule has 3 rings (SSSR count). The van der Waals surface area contributed by atoms with E-state index in [1.165, 1.54) is 36.4 Å². The fourth-order valence-corrected chi connectivity index (χ4v) is 3.74. The zero-order valence-corrected chi connectivity index (χ0v) is 13.8. The zero-order chi connectivity index (χ0) is 18.1. The van der Waals surface area contributed by atoms with Gasteiger partial charge < -0.3 is 5.32 Å². The number of nitro benzene ring substituents is 2. The van der Waals surface area contributed by atoms with Gasteiger partial charge in [-0.15, -0.1) is 11.3 Å². The summed E-state index contributed by atoms with van der Waals surface area (Å²) in [6.45, 7) is 0. The molecule has 2 aromatic carbocycles. The molecule has 0 aliphatic rings. The SMILES string of the molecule is O=C(Nc1cccc([N+](=O)[O-])c1)c1sc2c([N+](=O)[O-])cccc2c1Cl. The Labute approximate surface area is 148 Å². The largest absolute Gasteiger partial charge is 0.321 e. The maximum absolute atomic E-state index is 12.4. The highest BCUT2D eigenvalue weighted by Gasteiger charge is 2.23. The highest BCUT2D eigenvalue weighted by Crippen LogP contribution is 2.40. The molecule has 10 heteroatoms. The minimum Gasteiger partial charge on any atom is -0.321 e. The van der Waals surface area contributed by atoms with Gasteiger partial charge in [-0.1, -0.05) is 29.8 Å². The van der Waals surface area contributed by atoms with Crippen molar-refractivity contribution >= 4 is 56.0 Å². The van der Waals surface area contributed by atoms with Gasteiger partial charge in [0.1, 0.15) is 9.58 Å². The van der Waals surface area contributed by atoms with E-state index < -0.39 is 15.8 Å². The van der Waals surface area contributed by atoms with Gasteiger partial charge in [-0.05, 0) is 6.07 Å². The highest BCUT2D eigenvalue weighted by molar-refractivity contribution is 7.22. The normalized spacial score (nSPS) is 10.6. The van der Waals surface area contributed by atoms with Crippen molar-refractivity contribution in [1.82, 2.24) is 0 Å². The number of nitrogens with zero attached hydrogens (tertiary/aromatic N) is 2. The number of anilines is 1. The van der Waals surface area contributed by atoms with Gasteiger partial charge in [0.05, 0.1) is 14.9 Å². The first-order chi connectivity index (χ1) is 11.9. The first-order valence-electron chi connectivity index (χ1n) is 6.79. The molecule has 126 valence electrons. The summed E-state index contributed by atoms with van der Waals surface area (Å²) in [6, 6.07) is 9.84. The van der Waals surface area contributed by atoms with Crippen LogP contribution in [0.3, 0.4) is 0 Å². The third-order valence-corrected chi connectivity index (χ3v) is 5.08. The summed E-state index contributed by atoms with van der Waals surface area (Å²) in [5.74, 6) is -0.596. The number of hydrogen-bond acceptors (Lipinski definition) is 6. The molecule has 0 aliphatic carbocycles. The Morgan fingerprint density at radius 2 is 1.80 bits per heavy atom. The summed E-state index contributed by atoms with van der Waals surface area (Å²) in [5, 5.41) is 24.9. The van der Waals surface area contributed by atoms with Gasteiger partial charge in [0.2, 0.25) is 0 Å². The molecule has 1 amide bonds. The number of nitrogens with one attached hydrogen (secondary N) is 1. The molecular weight excluding hydrogens is 370 g/mol. The van der Waals surface area contributed by atoms with Gasteiger partial charge in [-0.2, -0.15) is 0 Å². The molecular formula is C15H8ClN3O5S. The van der Waals surface area contributed by atoms with E-state index in [0.717, 1.165) is 11.3 Å². The number of halogens is 1. The summed E-state index contributed by atoms with van der Waals surface area (Å²) >= 11 is 7.09. The molecule has 0 spiro atoms. The van der Waals surface area contributed by atoms with E-state index in [4.69, 9.17) is 11.6 Å². The van der Waals surface area contributed by atoms with Gasteiger partial charge in [-0.3, -0.25) is 25.0 Å². The van der Waals surface area contributed by atoms with E-state index >= 15 is 0 Å². The maximum Gasteiger partial charge on any atom is 0.287 e. The van der Waals surface area contributed by atoms with Crippen LogP contribution in [-0.4, -0.2) is 15.8 Å². The van der Waals surface area contributed by atoms with Crippen LogP contribution in [0.4, 0.5) is 17.1 Å². The quantitative estimate of drug-likeness (QED) is 0.526. The van der Waals surface area contributed by atoms with Crippen LogP contribution in [0.15, 0.2) is 42.5 Å². The summed E-state index contributed by atoms with van der Waals surface area (Å²) in [4.78, 5) is 33.3. The predicted octanol–water partition coefficient (Wildman–Crippen LogP) is 4.62. The molecule has 0 radical (unpaired) electrons. The second kappa shape index (κ2) is 6.46. The van der Waals surface area contributed by atoms with Crippen molar-refractivity contribution in [2.75, 3.05) is 5.32 Å². The lowest BCUT2D eigenvalue weighted by Gasteiger charge is -2.03. The fourth-order valence-electron chi connectivity index (χ4n) is 2.25. The number of non-ortho nitro benzene ring substituents is 2. The summed E-state index contributed by atoms with van der Waals surface area (Å²) in [6.07, 6.45) is 0. The van der Waals surface area contributed by atoms with Crippen molar-refractivity contribution in [1.29, 1.82) is 0 Å². The van der Waals surface area contributed by atoms with Crippen LogP contribution >= 0.6 is 22.9 Å². The van der Waals surface area contributed by atoms with Crippen molar-refractivity contribution in [2.45, 2.75) is 0 Å². The Balaban J connectivity index is 1.99. The minimum atomic E-state index is -0.596. The Hall–Kier alpha value is -3.04. The number of thiophene rings is 1. The van der Waals surface area contributed by atoms with Gasteiger partial charge in [-0.25, -0.2) is 0 Å². The van der Waals surface area contributed by atoms with Crippen molar-refractivity contribution in [3.05, 3.63) is 72.6 Å². The first kappa shape index (κ1) is 16.8. The molecule has 0 unspecified atom stereocenters. The fraction of sp³-hybridized carbons (Fsp3) is 0. The Kier molecular flexibility index (Phi) is 4.34. The van der Waals surface area contributed by atoms with Crippen LogP contribution in [0, 0.1) is 20.2 Å². The average molecular weight is 378 g/mol. The highest BCUT2D eigenvalue weighted by atomic mass is 35.5. The van der Waals surface area contributed by atoms with E-state index in [1.807, 2.05) is 0 Å². The standard InChI is InChI=1S/C15H8ClN3O5S/c16-12-10-5-2-6-11(19(23)24)13(10)25-14(12)15(20)17-8-3-1-4-9(7-8)18(21)22/h1-7H,(H,17,20). The number of carbonyl (C=O) groups excluding carboxylic acids is 1. The van der Waals surface area contributed by atoms with E-state index in [9.17, 15) is 25.0 Å². The Morgan fingerprint density at radius 1 is 1.08 bits per heavy atom. The van der Waals surface area contributed by atoms with Gasteiger partial charge in [0.15, 0.2) is 0 Å². The van der Waals surface area contributed by atoms with E-state index in [-0.39, 0.29) is 27.0 Å². The predicted molar refractivity (Wildman–Crippen MR) is 94.5 cm³/mol. The van der Waals surface area contributed by atoms with Crippen LogP contribution < -0.4 is 5.32 Å². The summed E-state index contributed by atoms with van der Waals surface area (Å²) < 4.78 is 0.293. The molecule has 0 saturated heterocycles. The van der Waals surface area contributed by atoms with Crippen molar-refractivity contribution in [2.24, 2.45) is 0 Å². The van der Waals surface area contributed by atoms with Crippen LogP contribution in [0.2, 0.25) is 5.02 Å². The lowest BCUT2D eigenvalue weighted by molar-refractivity contribution is -0.384. The second-order valence-corrected chi connectivity index (χ2v) is 6.32. The van der Waals surface area contributed by atoms with Crippen LogP contribution in [0.1, 0.15) is 9.67 Å². The van der Waals surface area contributed by atoms with Crippen LogP contribution in [-0.2, 0) is 0 Å². The third-order valence-electron chi connectivity index (χ3n) is 3.35. The molecule has 8 nitrogen and oxygen atoms in total. The monoisotopic (exact) mass is 377 g/mol. The number of carbonyl (C=O) groups is 1. The average Bonchev–Trinajstić information content (AvgIpc) is 2.92. The molecule has 1 N–H and O–H groups in total. The van der Waals surface area contributed by atoms with Crippen molar-refractivity contribution in [3.63, 3.8) is 0 Å². The van der Waals surface area contributed by atoms with Gasteiger partial charge in [0.25, 0.3) is 17.3 Å². The number of hydrogen-bond donors (Lipinski definition) is 1. The molecule has 1 heterocycles. The molecule has 1 aromatic heterocycles. The number of fused-ring (bicyclic) bond motifs is 1. The first-order valence-corrected chi connectivity index (χ1v) is 7.99. The molecule has 0 atom stereocenters. The summed E-state index contributed by atoms with van der Waals surface area (Å²) in [7, 11) is 0. The van der Waals surface area contributed by atoms with Crippen molar-refractivity contribution < 1.29 is 14.6 Å². The van der Waals surface area contributed by atoms with Gasteiger partial charge in [0, 0.05) is 29.3 Å². The molecule has 0 fully saturated rings. The number of benzene rings is 2. The summed E-state index contributed by atoms with van der Waals surface area (Å²) in [5.41, 5.74) is -0.0862. The zero-order valence-electron chi connectivity index (χ0n) is 12.3. The topological polar surface area (TPSA) is 115 Å². The molecule has 3 aromatic rings. The van der Waals surface area contributed by atoms with E-state index in [2.05, 4.69) is 5.32 Å². The lowest BCUT2D eigenvalue weighted by atomic mass is 10.2. The molecule has 0 aliphatic heterocycles.